The molecule has 0 amide bonds. The third-order valence-corrected chi connectivity index (χ3v) is 3.00. The van der Waals surface area contributed by atoms with Crippen LogP contribution in [0.1, 0.15) is 5.56 Å². The van der Waals surface area contributed by atoms with Gasteiger partial charge in [-0.15, -0.1) is 0 Å². The predicted molar refractivity (Wildman–Crippen MR) is 72.4 cm³/mol. The number of imidazole rings is 1. The first-order valence-corrected chi connectivity index (χ1v) is 5.97. The van der Waals surface area contributed by atoms with Crippen LogP contribution in [-0.2, 0) is 11.2 Å². The molecule has 0 saturated heterocycles. The lowest BCUT2D eigenvalue weighted by Crippen LogP contribution is -2.01. The molecule has 1 heterocycles. The van der Waals surface area contributed by atoms with Crippen LogP contribution >= 0.6 is 0 Å². The lowest BCUT2D eigenvalue weighted by atomic mass is 10.1. The number of aromatic nitrogens is 2. The van der Waals surface area contributed by atoms with Gasteiger partial charge in [0.1, 0.15) is 6.33 Å². The third kappa shape index (κ3) is 2.20. The van der Waals surface area contributed by atoms with Crippen molar-refractivity contribution in [3.05, 3.63) is 60.4 Å². The maximum atomic E-state index is 10.8. The molecule has 0 aliphatic heterocycles. The minimum absolute atomic E-state index is 0.0282. The van der Waals surface area contributed by atoms with E-state index in [1.807, 2.05) is 53.1 Å². The Labute approximate surface area is 109 Å². The molecule has 4 nitrogen and oxygen atoms in total. The van der Waals surface area contributed by atoms with E-state index in [0.717, 1.165) is 22.3 Å². The largest absolute Gasteiger partial charge is 0.481 e. The molecule has 3 aromatic rings. The molecule has 4 heteroatoms. The van der Waals surface area contributed by atoms with E-state index in [1.54, 1.807) is 6.33 Å². The highest BCUT2D eigenvalue weighted by atomic mass is 16.4. The number of para-hydroxylation sites is 2. The van der Waals surface area contributed by atoms with Crippen molar-refractivity contribution in [3.8, 4) is 5.69 Å². The van der Waals surface area contributed by atoms with Crippen LogP contribution in [0.25, 0.3) is 16.7 Å². The molecule has 19 heavy (non-hydrogen) atoms. The molecule has 0 aliphatic carbocycles. The van der Waals surface area contributed by atoms with Gasteiger partial charge in [0.05, 0.1) is 17.5 Å². The van der Waals surface area contributed by atoms with E-state index in [-0.39, 0.29) is 6.42 Å². The zero-order valence-corrected chi connectivity index (χ0v) is 10.2. The molecule has 0 radical (unpaired) electrons. The molecule has 0 saturated carbocycles. The molecule has 1 N–H and O–H groups in total. The van der Waals surface area contributed by atoms with Gasteiger partial charge in [-0.2, -0.15) is 0 Å². The summed E-state index contributed by atoms with van der Waals surface area (Å²) in [7, 11) is 0. The Hall–Kier alpha value is -2.62. The van der Waals surface area contributed by atoms with Crippen molar-refractivity contribution in [1.82, 2.24) is 9.55 Å². The van der Waals surface area contributed by atoms with Crippen LogP contribution in [0.2, 0.25) is 0 Å². The predicted octanol–water partition coefficient (Wildman–Crippen LogP) is 2.65. The highest BCUT2D eigenvalue weighted by molar-refractivity contribution is 5.77. The van der Waals surface area contributed by atoms with E-state index in [0.29, 0.717) is 0 Å². The summed E-state index contributed by atoms with van der Waals surface area (Å²) in [6.45, 7) is 0. The number of hydrogen-bond donors (Lipinski definition) is 1. The number of nitrogens with zero attached hydrogens (tertiary/aromatic N) is 2. The van der Waals surface area contributed by atoms with Crippen molar-refractivity contribution in [3.63, 3.8) is 0 Å². The van der Waals surface area contributed by atoms with Crippen molar-refractivity contribution in [2.75, 3.05) is 0 Å². The number of benzene rings is 2. The van der Waals surface area contributed by atoms with Gasteiger partial charge >= 0.3 is 5.97 Å². The number of aliphatic carboxylic acids is 1. The highest BCUT2D eigenvalue weighted by Crippen LogP contribution is 2.18. The normalized spacial score (nSPS) is 10.7. The average Bonchev–Trinajstić information content (AvgIpc) is 2.82. The second kappa shape index (κ2) is 4.57. The third-order valence-electron chi connectivity index (χ3n) is 3.00. The fourth-order valence-corrected chi connectivity index (χ4v) is 2.16. The van der Waals surface area contributed by atoms with E-state index in [9.17, 15) is 4.79 Å². The average molecular weight is 252 g/mol. The molecule has 1 aromatic heterocycles. The quantitative estimate of drug-likeness (QED) is 0.779. The van der Waals surface area contributed by atoms with Crippen molar-refractivity contribution in [2.24, 2.45) is 0 Å². The Bertz CT molecular complexity index is 746. The fraction of sp³-hybridized carbons (Fsp3) is 0.0667. The first kappa shape index (κ1) is 11.5. The zero-order valence-electron chi connectivity index (χ0n) is 10.2. The number of carboxylic acids is 1. The first-order valence-electron chi connectivity index (χ1n) is 5.97. The van der Waals surface area contributed by atoms with E-state index in [1.165, 1.54) is 0 Å². The topological polar surface area (TPSA) is 55.1 Å². The molecule has 0 atom stereocenters. The summed E-state index contributed by atoms with van der Waals surface area (Å²) in [5.74, 6) is -0.826. The molecule has 94 valence electrons. The van der Waals surface area contributed by atoms with Crippen molar-refractivity contribution >= 4 is 17.0 Å². The smallest absolute Gasteiger partial charge is 0.307 e. The van der Waals surface area contributed by atoms with Gasteiger partial charge in [0, 0.05) is 5.69 Å². The molecule has 0 bridgehead atoms. The SMILES string of the molecule is O=C(O)Cc1cccc(-n2cnc3ccccc32)c1. The summed E-state index contributed by atoms with van der Waals surface area (Å²) in [6, 6.07) is 15.3. The number of carboxylic acid groups (broad SMARTS) is 1. The van der Waals surface area contributed by atoms with Crippen molar-refractivity contribution < 1.29 is 9.90 Å². The van der Waals surface area contributed by atoms with Crippen LogP contribution in [0.15, 0.2) is 54.9 Å². The van der Waals surface area contributed by atoms with Crippen molar-refractivity contribution in [1.29, 1.82) is 0 Å². The zero-order chi connectivity index (χ0) is 13.2. The molecule has 2 aromatic carbocycles. The summed E-state index contributed by atoms with van der Waals surface area (Å²) in [5.41, 5.74) is 3.64. The summed E-state index contributed by atoms with van der Waals surface area (Å²) in [6.07, 6.45) is 1.78. The van der Waals surface area contributed by atoms with Crippen molar-refractivity contribution in [2.45, 2.75) is 6.42 Å². The second-order valence-corrected chi connectivity index (χ2v) is 4.34. The van der Waals surface area contributed by atoms with Crippen LogP contribution in [0.4, 0.5) is 0 Å². The van der Waals surface area contributed by atoms with Gasteiger partial charge < -0.3 is 5.11 Å². The molecule has 0 unspecified atom stereocenters. The van der Waals surface area contributed by atoms with Crippen LogP contribution in [0.3, 0.4) is 0 Å². The van der Waals surface area contributed by atoms with Gasteiger partial charge in [-0.3, -0.25) is 9.36 Å². The minimum atomic E-state index is -0.826. The number of fused-ring (bicyclic) bond motifs is 1. The lowest BCUT2D eigenvalue weighted by Gasteiger charge is -2.06. The standard InChI is InChI=1S/C15H12N2O2/c18-15(19)9-11-4-3-5-12(8-11)17-10-16-13-6-1-2-7-14(13)17/h1-8,10H,9H2,(H,18,19). The van der Waals surface area contributed by atoms with E-state index in [4.69, 9.17) is 5.11 Å². The highest BCUT2D eigenvalue weighted by Gasteiger charge is 2.06. The summed E-state index contributed by atoms with van der Waals surface area (Å²) in [5, 5.41) is 8.84. The maximum Gasteiger partial charge on any atom is 0.307 e. The summed E-state index contributed by atoms with van der Waals surface area (Å²) < 4.78 is 1.96. The van der Waals surface area contributed by atoms with Crippen LogP contribution < -0.4 is 0 Å². The second-order valence-electron chi connectivity index (χ2n) is 4.34. The Morgan fingerprint density at radius 3 is 2.84 bits per heavy atom. The van der Waals surface area contributed by atoms with Crippen LogP contribution in [0, 0.1) is 0 Å². The van der Waals surface area contributed by atoms with E-state index in [2.05, 4.69) is 4.98 Å². The Kier molecular flexibility index (Phi) is 2.76. The first-order chi connectivity index (χ1) is 9.24. The number of rotatable bonds is 3. The molecule has 0 fully saturated rings. The van der Waals surface area contributed by atoms with Gasteiger partial charge in [-0.25, -0.2) is 4.98 Å². The molecule has 0 spiro atoms. The molecule has 3 rings (SSSR count). The molecule has 0 aliphatic rings. The number of carbonyl (C=O) groups is 1. The summed E-state index contributed by atoms with van der Waals surface area (Å²) >= 11 is 0. The van der Waals surface area contributed by atoms with Crippen LogP contribution in [-0.4, -0.2) is 20.6 Å². The van der Waals surface area contributed by atoms with Crippen LogP contribution in [0.5, 0.6) is 0 Å². The maximum absolute atomic E-state index is 10.8. The van der Waals surface area contributed by atoms with E-state index >= 15 is 0 Å². The van der Waals surface area contributed by atoms with Gasteiger partial charge in [-0.1, -0.05) is 24.3 Å². The van der Waals surface area contributed by atoms with Gasteiger partial charge in [0.15, 0.2) is 0 Å². The number of hydrogen-bond acceptors (Lipinski definition) is 2. The van der Waals surface area contributed by atoms with E-state index < -0.39 is 5.97 Å². The Morgan fingerprint density at radius 1 is 1.16 bits per heavy atom. The molecular formula is C15H12N2O2. The Morgan fingerprint density at radius 2 is 2.00 bits per heavy atom. The minimum Gasteiger partial charge on any atom is -0.481 e. The van der Waals surface area contributed by atoms with Gasteiger partial charge in [0.2, 0.25) is 0 Å². The fourth-order valence-electron chi connectivity index (χ4n) is 2.16. The Balaban J connectivity index is 2.09. The molecular weight excluding hydrogens is 240 g/mol. The monoisotopic (exact) mass is 252 g/mol. The lowest BCUT2D eigenvalue weighted by molar-refractivity contribution is -0.136. The van der Waals surface area contributed by atoms with Gasteiger partial charge in [-0.05, 0) is 29.8 Å². The summed E-state index contributed by atoms with van der Waals surface area (Å²) in [4.78, 5) is 15.1. The van der Waals surface area contributed by atoms with Gasteiger partial charge in [0.25, 0.3) is 0 Å².